The molecular formula is C16H13NOS. The molecule has 0 aliphatic carbocycles. The maximum Gasteiger partial charge on any atom is 0.118 e. The lowest BCUT2D eigenvalue weighted by atomic mass is 10.2. The van der Waals surface area contributed by atoms with Crippen molar-refractivity contribution >= 4 is 33.7 Å². The number of benzene rings is 2. The SMILES string of the molecule is COc1ccc(/C=C/c2nc3ccccc3s2)cc1. The third-order valence-electron chi connectivity index (χ3n) is 2.84. The first-order valence-electron chi connectivity index (χ1n) is 6.03. The highest BCUT2D eigenvalue weighted by atomic mass is 32.1. The number of nitrogens with zero attached hydrogens (tertiary/aromatic N) is 1. The molecule has 0 radical (unpaired) electrons. The molecular weight excluding hydrogens is 254 g/mol. The number of methoxy groups -OCH3 is 1. The Balaban J connectivity index is 1.84. The summed E-state index contributed by atoms with van der Waals surface area (Å²) >= 11 is 1.70. The van der Waals surface area contributed by atoms with E-state index in [-0.39, 0.29) is 0 Å². The van der Waals surface area contributed by atoms with Crippen molar-refractivity contribution in [3.8, 4) is 5.75 Å². The van der Waals surface area contributed by atoms with Gasteiger partial charge in [0.1, 0.15) is 10.8 Å². The van der Waals surface area contributed by atoms with Crippen molar-refractivity contribution in [1.29, 1.82) is 0 Å². The van der Waals surface area contributed by atoms with Gasteiger partial charge in [0.25, 0.3) is 0 Å². The minimum absolute atomic E-state index is 0.872. The van der Waals surface area contributed by atoms with E-state index in [0.29, 0.717) is 0 Å². The molecule has 0 aliphatic rings. The molecule has 0 fully saturated rings. The predicted octanol–water partition coefficient (Wildman–Crippen LogP) is 4.48. The van der Waals surface area contributed by atoms with Crippen molar-refractivity contribution in [3.63, 3.8) is 0 Å². The van der Waals surface area contributed by atoms with Gasteiger partial charge in [0.15, 0.2) is 0 Å². The smallest absolute Gasteiger partial charge is 0.118 e. The fourth-order valence-electron chi connectivity index (χ4n) is 1.84. The summed E-state index contributed by atoms with van der Waals surface area (Å²) < 4.78 is 6.36. The average Bonchev–Trinajstić information content (AvgIpc) is 2.88. The van der Waals surface area contributed by atoms with E-state index in [2.05, 4.69) is 17.1 Å². The summed E-state index contributed by atoms with van der Waals surface area (Å²) in [6.45, 7) is 0. The summed E-state index contributed by atoms with van der Waals surface area (Å²) in [7, 11) is 1.67. The van der Waals surface area contributed by atoms with Gasteiger partial charge < -0.3 is 4.74 Å². The van der Waals surface area contributed by atoms with Crippen LogP contribution in [0.15, 0.2) is 48.5 Å². The molecule has 0 saturated carbocycles. The normalized spacial score (nSPS) is 11.2. The van der Waals surface area contributed by atoms with Crippen molar-refractivity contribution in [1.82, 2.24) is 4.98 Å². The molecule has 0 bridgehead atoms. The zero-order valence-corrected chi connectivity index (χ0v) is 11.4. The number of aromatic nitrogens is 1. The van der Waals surface area contributed by atoms with E-state index in [4.69, 9.17) is 4.74 Å². The molecule has 2 aromatic carbocycles. The molecule has 0 spiro atoms. The second kappa shape index (κ2) is 5.24. The van der Waals surface area contributed by atoms with Gasteiger partial charge in [0.2, 0.25) is 0 Å². The summed E-state index contributed by atoms with van der Waals surface area (Å²) in [5.41, 5.74) is 2.20. The maximum absolute atomic E-state index is 5.14. The Labute approximate surface area is 116 Å². The van der Waals surface area contributed by atoms with Crippen LogP contribution in [0.25, 0.3) is 22.4 Å². The number of thiazole rings is 1. The number of ether oxygens (including phenoxy) is 1. The zero-order chi connectivity index (χ0) is 13.1. The molecule has 3 rings (SSSR count). The topological polar surface area (TPSA) is 22.1 Å². The van der Waals surface area contributed by atoms with E-state index in [1.165, 1.54) is 4.70 Å². The van der Waals surface area contributed by atoms with Crippen molar-refractivity contribution in [2.75, 3.05) is 7.11 Å². The molecule has 3 heteroatoms. The zero-order valence-electron chi connectivity index (χ0n) is 10.5. The van der Waals surface area contributed by atoms with Crippen molar-refractivity contribution < 1.29 is 4.74 Å². The Morgan fingerprint density at radius 2 is 1.79 bits per heavy atom. The minimum Gasteiger partial charge on any atom is -0.497 e. The highest BCUT2D eigenvalue weighted by Gasteiger charge is 1.99. The standard InChI is InChI=1S/C16H13NOS/c1-18-13-9-6-12(7-10-13)8-11-16-17-14-4-2-3-5-15(14)19-16/h2-11H,1H3/b11-8+. The molecule has 0 unspecified atom stereocenters. The Morgan fingerprint density at radius 3 is 2.53 bits per heavy atom. The first-order chi connectivity index (χ1) is 9.35. The van der Waals surface area contributed by atoms with E-state index < -0.39 is 0 Å². The van der Waals surface area contributed by atoms with E-state index in [0.717, 1.165) is 21.8 Å². The van der Waals surface area contributed by atoms with Gasteiger partial charge in [-0.25, -0.2) is 4.98 Å². The fraction of sp³-hybridized carbons (Fsp3) is 0.0625. The predicted molar refractivity (Wildman–Crippen MR) is 81.5 cm³/mol. The van der Waals surface area contributed by atoms with Crippen LogP contribution in [0.1, 0.15) is 10.6 Å². The second-order valence-corrected chi connectivity index (χ2v) is 5.19. The Morgan fingerprint density at radius 1 is 1.00 bits per heavy atom. The summed E-state index contributed by atoms with van der Waals surface area (Å²) in [4.78, 5) is 4.57. The van der Waals surface area contributed by atoms with Crippen LogP contribution in [0.4, 0.5) is 0 Å². The molecule has 0 N–H and O–H groups in total. The van der Waals surface area contributed by atoms with Gasteiger partial charge in [0, 0.05) is 0 Å². The molecule has 94 valence electrons. The lowest BCUT2D eigenvalue weighted by molar-refractivity contribution is 0.415. The van der Waals surface area contributed by atoms with Gasteiger partial charge in [-0.05, 0) is 35.9 Å². The van der Waals surface area contributed by atoms with Gasteiger partial charge in [-0.2, -0.15) is 0 Å². The van der Waals surface area contributed by atoms with Gasteiger partial charge in [0.05, 0.1) is 17.3 Å². The molecule has 2 nitrogen and oxygen atoms in total. The van der Waals surface area contributed by atoms with Crippen LogP contribution in [-0.2, 0) is 0 Å². The van der Waals surface area contributed by atoms with Gasteiger partial charge in [-0.1, -0.05) is 30.3 Å². The summed E-state index contributed by atoms with van der Waals surface area (Å²) in [5.74, 6) is 0.872. The van der Waals surface area contributed by atoms with Crippen molar-refractivity contribution in [3.05, 3.63) is 59.1 Å². The molecule has 0 aliphatic heterocycles. The molecule has 0 atom stereocenters. The monoisotopic (exact) mass is 267 g/mol. The molecule has 0 amide bonds. The highest BCUT2D eigenvalue weighted by Crippen LogP contribution is 2.23. The lowest BCUT2D eigenvalue weighted by Crippen LogP contribution is -1.81. The van der Waals surface area contributed by atoms with Crippen LogP contribution in [0.3, 0.4) is 0 Å². The highest BCUT2D eigenvalue weighted by molar-refractivity contribution is 7.19. The van der Waals surface area contributed by atoms with Crippen LogP contribution < -0.4 is 4.74 Å². The number of fused-ring (bicyclic) bond motifs is 1. The summed E-state index contributed by atoms with van der Waals surface area (Å²) in [6.07, 6.45) is 4.11. The Bertz CT molecular complexity index is 680. The molecule has 1 aromatic heterocycles. The first kappa shape index (κ1) is 11.9. The molecule has 0 saturated heterocycles. The Kier molecular flexibility index (Phi) is 3.29. The second-order valence-electron chi connectivity index (χ2n) is 4.13. The first-order valence-corrected chi connectivity index (χ1v) is 6.84. The van der Waals surface area contributed by atoms with Crippen LogP contribution in [0.5, 0.6) is 5.75 Å². The largest absolute Gasteiger partial charge is 0.497 e. The molecule has 1 heterocycles. The summed E-state index contributed by atoms with van der Waals surface area (Å²) in [6, 6.07) is 16.2. The van der Waals surface area contributed by atoms with Crippen molar-refractivity contribution in [2.45, 2.75) is 0 Å². The van der Waals surface area contributed by atoms with Gasteiger partial charge in [-0.15, -0.1) is 11.3 Å². The van der Waals surface area contributed by atoms with Crippen LogP contribution >= 0.6 is 11.3 Å². The third-order valence-corrected chi connectivity index (χ3v) is 3.85. The average molecular weight is 267 g/mol. The van der Waals surface area contributed by atoms with Gasteiger partial charge in [-0.3, -0.25) is 0 Å². The number of para-hydroxylation sites is 1. The van der Waals surface area contributed by atoms with E-state index in [1.54, 1.807) is 18.4 Å². The van der Waals surface area contributed by atoms with Crippen LogP contribution in [0.2, 0.25) is 0 Å². The quantitative estimate of drug-likeness (QED) is 0.698. The fourth-order valence-corrected chi connectivity index (χ4v) is 2.71. The molecule has 3 aromatic rings. The maximum atomic E-state index is 5.14. The summed E-state index contributed by atoms with van der Waals surface area (Å²) in [5, 5.41) is 1.03. The molecule has 19 heavy (non-hydrogen) atoms. The van der Waals surface area contributed by atoms with Crippen molar-refractivity contribution in [2.24, 2.45) is 0 Å². The number of rotatable bonds is 3. The van der Waals surface area contributed by atoms with Crippen LogP contribution in [-0.4, -0.2) is 12.1 Å². The Hall–Kier alpha value is -2.13. The van der Waals surface area contributed by atoms with Gasteiger partial charge >= 0.3 is 0 Å². The van der Waals surface area contributed by atoms with E-state index in [9.17, 15) is 0 Å². The third kappa shape index (κ3) is 2.66. The van der Waals surface area contributed by atoms with E-state index in [1.807, 2.05) is 48.5 Å². The van der Waals surface area contributed by atoms with Crippen LogP contribution in [0, 0.1) is 0 Å². The minimum atomic E-state index is 0.872. The number of hydrogen-bond donors (Lipinski definition) is 0. The number of hydrogen-bond acceptors (Lipinski definition) is 3. The lowest BCUT2D eigenvalue weighted by Gasteiger charge is -1.98. The van der Waals surface area contributed by atoms with E-state index >= 15 is 0 Å².